The molecule has 140 valence electrons. The highest BCUT2D eigenvalue weighted by atomic mass is 16.4. The van der Waals surface area contributed by atoms with Crippen LogP contribution < -0.4 is 10.4 Å². The molecule has 0 atom stereocenters. The molecule has 0 amide bonds. The highest BCUT2D eigenvalue weighted by molar-refractivity contribution is 6.59. The van der Waals surface area contributed by atoms with Crippen LogP contribution in [0.1, 0.15) is 11.1 Å². The molecule has 0 fully saturated rings. The van der Waals surface area contributed by atoms with Crippen LogP contribution in [-0.4, -0.2) is 29.3 Å². The number of aliphatic hydroxyl groups is 1. The molecule has 0 unspecified atom stereocenters. The maximum atomic E-state index is 10.0. The maximum absolute atomic E-state index is 10.0. The summed E-state index contributed by atoms with van der Waals surface area (Å²) < 4.78 is 0. The molecule has 0 bridgehead atoms. The Bertz CT molecular complexity index is 1090. The van der Waals surface area contributed by atoms with Crippen LogP contribution in [0.3, 0.4) is 0 Å². The first-order valence-electron chi connectivity index (χ1n) is 9.30. The Labute approximate surface area is 164 Å². The van der Waals surface area contributed by atoms with E-state index in [0.717, 1.165) is 38.4 Å². The van der Waals surface area contributed by atoms with Gasteiger partial charge in [0.15, 0.2) is 0 Å². The van der Waals surface area contributed by atoms with Gasteiger partial charge in [0.2, 0.25) is 0 Å². The summed E-state index contributed by atoms with van der Waals surface area (Å²) in [6.45, 7) is 0.505. The molecule has 0 spiro atoms. The van der Waals surface area contributed by atoms with Crippen LogP contribution in [0.25, 0.3) is 21.5 Å². The van der Waals surface area contributed by atoms with Gasteiger partial charge in [-0.3, -0.25) is 0 Å². The number of hydrogen-bond acceptors (Lipinski definition) is 4. The average Bonchev–Trinajstić information content (AvgIpc) is 2.72. The third kappa shape index (κ3) is 3.14. The third-order valence-corrected chi connectivity index (χ3v) is 5.30. The van der Waals surface area contributed by atoms with Crippen molar-refractivity contribution < 1.29 is 15.2 Å². The summed E-state index contributed by atoms with van der Waals surface area (Å²) in [5.41, 5.74) is 3.36. The first kappa shape index (κ1) is 18.5. The minimum atomic E-state index is -1.50. The molecule has 0 saturated heterocycles. The summed E-state index contributed by atoms with van der Waals surface area (Å²) in [6.07, 6.45) is 0. The Morgan fingerprint density at radius 1 is 0.750 bits per heavy atom. The quantitative estimate of drug-likeness (QED) is 0.373. The van der Waals surface area contributed by atoms with E-state index in [1.165, 1.54) is 0 Å². The Balaban J connectivity index is 1.93. The summed E-state index contributed by atoms with van der Waals surface area (Å²) >= 11 is 0. The number of anilines is 1. The molecule has 0 heterocycles. The third-order valence-electron chi connectivity index (χ3n) is 5.30. The van der Waals surface area contributed by atoms with Gasteiger partial charge in [-0.1, -0.05) is 72.8 Å². The predicted molar refractivity (Wildman–Crippen MR) is 116 cm³/mol. The Kier molecular flexibility index (Phi) is 5.05. The van der Waals surface area contributed by atoms with Gasteiger partial charge in [-0.05, 0) is 27.4 Å². The lowest BCUT2D eigenvalue weighted by atomic mass is 9.77. The summed E-state index contributed by atoms with van der Waals surface area (Å²) in [5, 5.41) is 33.6. The minimum absolute atomic E-state index is 0.0233. The fraction of sp³-hybridized carbons (Fsp3) is 0.130. The predicted octanol–water partition coefficient (Wildman–Crippen LogP) is 2.80. The first-order valence-corrected chi connectivity index (χ1v) is 9.30. The Morgan fingerprint density at radius 2 is 1.25 bits per heavy atom. The van der Waals surface area contributed by atoms with Crippen LogP contribution in [0.4, 0.5) is 5.69 Å². The molecule has 3 N–H and O–H groups in total. The second-order valence-corrected chi connectivity index (χ2v) is 7.00. The smallest absolute Gasteiger partial charge is 0.423 e. The Hall–Kier alpha value is -2.86. The lowest BCUT2D eigenvalue weighted by Gasteiger charge is -2.26. The monoisotopic (exact) mass is 371 g/mol. The summed E-state index contributed by atoms with van der Waals surface area (Å²) in [4.78, 5) is 2.13. The summed E-state index contributed by atoms with van der Waals surface area (Å²) in [5.74, 6) is 0. The van der Waals surface area contributed by atoms with Gasteiger partial charge in [-0.15, -0.1) is 0 Å². The van der Waals surface area contributed by atoms with Gasteiger partial charge in [0, 0.05) is 24.4 Å². The van der Waals surface area contributed by atoms with Crippen molar-refractivity contribution in [1.82, 2.24) is 0 Å². The number of benzene rings is 4. The van der Waals surface area contributed by atoms with E-state index in [0.29, 0.717) is 12.0 Å². The molecule has 0 aliphatic rings. The van der Waals surface area contributed by atoms with Gasteiger partial charge in [-0.25, -0.2) is 0 Å². The molecule has 5 heteroatoms. The van der Waals surface area contributed by atoms with Crippen molar-refractivity contribution in [2.45, 2.75) is 13.2 Å². The fourth-order valence-electron chi connectivity index (χ4n) is 4.04. The average molecular weight is 371 g/mol. The molecule has 4 nitrogen and oxygen atoms in total. The zero-order chi connectivity index (χ0) is 19.7. The van der Waals surface area contributed by atoms with Gasteiger partial charge >= 0.3 is 7.12 Å². The molecule has 0 aliphatic carbocycles. The van der Waals surface area contributed by atoms with Crippen molar-refractivity contribution in [2.75, 3.05) is 11.9 Å². The molecule has 4 aromatic rings. The van der Waals surface area contributed by atoms with Crippen molar-refractivity contribution >= 4 is 39.8 Å². The van der Waals surface area contributed by atoms with Gasteiger partial charge in [0.05, 0.1) is 12.3 Å². The molecule has 4 aromatic carbocycles. The molecule has 0 aliphatic heterocycles. The Morgan fingerprint density at radius 3 is 1.79 bits per heavy atom. The molecule has 4 rings (SSSR count). The first-order chi connectivity index (χ1) is 13.6. The molecule has 28 heavy (non-hydrogen) atoms. The van der Waals surface area contributed by atoms with E-state index in [-0.39, 0.29) is 6.61 Å². The highest BCUT2D eigenvalue weighted by Gasteiger charge is 2.19. The second kappa shape index (κ2) is 7.64. The van der Waals surface area contributed by atoms with Crippen molar-refractivity contribution in [2.24, 2.45) is 0 Å². The maximum Gasteiger partial charge on any atom is 0.488 e. The lowest BCUT2D eigenvalue weighted by molar-refractivity contribution is 0.285. The largest absolute Gasteiger partial charge is 0.488 e. The number of aliphatic hydroxyl groups excluding tert-OH is 1. The van der Waals surface area contributed by atoms with Gasteiger partial charge in [0.25, 0.3) is 0 Å². The normalized spacial score (nSPS) is 11.1. The SMILES string of the molecule is CN(Cc1ccccc1B(O)O)c1c2ccccc2c(CO)c2ccccc12. The number of nitrogens with zero attached hydrogens (tertiary/aromatic N) is 1. The van der Waals surface area contributed by atoms with Crippen molar-refractivity contribution in [1.29, 1.82) is 0 Å². The van der Waals surface area contributed by atoms with Crippen LogP contribution in [0.5, 0.6) is 0 Å². The van der Waals surface area contributed by atoms with Gasteiger partial charge < -0.3 is 20.1 Å². The summed E-state index contributed by atoms with van der Waals surface area (Å²) in [6, 6.07) is 23.5. The van der Waals surface area contributed by atoms with Gasteiger partial charge in [-0.2, -0.15) is 0 Å². The molecular formula is C23H22BNO3. The lowest BCUT2D eigenvalue weighted by Crippen LogP contribution is -2.35. The van der Waals surface area contributed by atoms with Gasteiger partial charge in [0.1, 0.15) is 0 Å². The topological polar surface area (TPSA) is 63.9 Å². The van der Waals surface area contributed by atoms with E-state index in [4.69, 9.17) is 0 Å². The van der Waals surface area contributed by atoms with Crippen molar-refractivity contribution in [3.05, 3.63) is 83.9 Å². The second-order valence-electron chi connectivity index (χ2n) is 7.00. The van der Waals surface area contributed by atoms with E-state index in [1.54, 1.807) is 12.1 Å². The van der Waals surface area contributed by atoms with E-state index in [1.807, 2.05) is 55.6 Å². The molecule has 0 aromatic heterocycles. The fourth-order valence-corrected chi connectivity index (χ4v) is 4.04. The van der Waals surface area contributed by atoms with Crippen LogP contribution in [0.15, 0.2) is 72.8 Å². The zero-order valence-corrected chi connectivity index (χ0v) is 15.7. The molecule has 0 saturated carbocycles. The molecule has 0 radical (unpaired) electrons. The minimum Gasteiger partial charge on any atom is -0.423 e. The highest BCUT2D eigenvalue weighted by Crippen LogP contribution is 2.38. The van der Waals surface area contributed by atoms with Crippen molar-refractivity contribution in [3.63, 3.8) is 0 Å². The van der Waals surface area contributed by atoms with E-state index >= 15 is 0 Å². The van der Waals surface area contributed by atoms with E-state index in [9.17, 15) is 15.2 Å². The standard InChI is InChI=1S/C23H22BNO3/c1-25(14-16-8-2-7-13-22(16)24(27)28)23-19-11-5-3-9-17(19)21(15-26)18-10-4-6-12-20(18)23/h2-13,26-28H,14-15H2,1H3. The van der Waals surface area contributed by atoms with Crippen LogP contribution in [-0.2, 0) is 13.2 Å². The number of fused-ring (bicyclic) bond motifs is 2. The van der Waals surface area contributed by atoms with Crippen molar-refractivity contribution in [3.8, 4) is 0 Å². The van der Waals surface area contributed by atoms with Crippen LogP contribution in [0, 0.1) is 0 Å². The van der Waals surface area contributed by atoms with E-state index < -0.39 is 7.12 Å². The molecular weight excluding hydrogens is 349 g/mol. The number of rotatable bonds is 5. The number of hydrogen-bond donors (Lipinski definition) is 3. The summed E-state index contributed by atoms with van der Waals surface area (Å²) in [7, 11) is 0.503. The van der Waals surface area contributed by atoms with E-state index in [2.05, 4.69) is 17.0 Å². The van der Waals surface area contributed by atoms with Crippen LogP contribution in [0.2, 0.25) is 0 Å². The zero-order valence-electron chi connectivity index (χ0n) is 15.7. The van der Waals surface area contributed by atoms with Crippen LogP contribution >= 0.6 is 0 Å².